The van der Waals surface area contributed by atoms with Gasteiger partial charge in [0, 0.05) is 23.5 Å². The summed E-state index contributed by atoms with van der Waals surface area (Å²) in [6, 6.07) is 13.0. The predicted octanol–water partition coefficient (Wildman–Crippen LogP) is 2.58. The van der Waals surface area contributed by atoms with Crippen LogP contribution in [0.3, 0.4) is 0 Å². The largest absolute Gasteiger partial charge is 0.493 e. The minimum Gasteiger partial charge on any atom is -0.493 e. The zero-order chi connectivity index (χ0) is 19.2. The van der Waals surface area contributed by atoms with Crippen molar-refractivity contribution in [1.29, 1.82) is 0 Å². The summed E-state index contributed by atoms with van der Waals surface area (Å²) < 4.78 is 10.4. The Balaban J connectivity index is 1.53. The van der Waals surface area contributed by atoms with Gasteiger partial charge in [0.15, 0.2) is 11.5 Å². The van der Waals surface area contributed by atoms with Gasteiger partial charge in [0.25, 0.3) is 5.91 Å². The Morgan fingerprint density at radius 1 is 1.00 bits per heavy atom. The summed E-state index contributed by atoms with van der Waals surface area (Å²) in [5.74, 6) is 0.602. The average Bonchev–Trinajstić information content (AvgIpc) is 3.14. The fraction of sp³-hybridized carbons (Fsp3) is 0.200. The number of rotatable bonds is 6. The molecule has 2 amide bonds. The molecule has 140 valence electrons. The fourth-order valence-corrected chi connectivity index (χ4v) is 2.81. The van der Waals surface area contributed by atoms with Gasteiger partial charge in [-0.15, -0.1) is 0 Å². The first-order valence-electron chi connectivity index (χ1n) is 8.48. The number of ether oxygens (including phenoxy) is 2. The van der Waals surface area contributed by atoms with Crippen LogP contribution in [0, 0.1) is 0 Å². The van der Waals surface area contributed by atoms with Crippen LogP contribution < -0.4 is 20.3 Å². The topological polar surface area (TPSA) is 92.5 Å². The lowest BCUT2D eigenvalue weighted by Gasteiger charge is -2.10. The molecule has 0 atom stereocenters. The molecule has 0 radical (unpaired) electrons. The van der Waals surface area contributed by atoms with Crippen molar-refractivity contribution in [3.05, 3.63) is 59.8 Å². The lowest BCUT2D eigenvalue weighted by molar-refractivity contribution is -0.121. The molecular formula is C20H21N3O4. The van der Waals surface area contributed by atoms with Crippen molar-refractivity contribution in [2.45, 2.75) is 12.8 Å². The quantitative estimate of drug-likeness (QED) is 0.584. The number of hydrazine groups is 1. The molecule has 0 aliphatic rings. The number of aromatic nitrogens is 1. The van der Waals surface area contributed by atoms with Crippen LogP contribution in [0.4, 0.5) is 0 Å². The third-order valence-corrected chi connectivity index (χ3v) is 4.24. The molecule has 3 N–H and O–H groups in total. The first-order valence-corrected chi connectivity index (χ1v) is 8.48. The molecule has 0 bridgehead atoms. The number of methoxy groups -OCH3 is 2. The van der Waals surface area contributed by atoms with Crippen molar-refractivity contribution in [2.75, 3.05) is 14.2 Å². The van der Waals surface area contributed by atoms with E-state index >= 15 is 0 Å². The first-order chi connectivity index (χ1) is 13.1. The van der Waals surface area contributed by atoms with Crippen LogP contribution in [0.2, 0.25) is 0 Å². The standard InChI is InChI=1S/C20H21N3O4/c1-26-17-9-7-13(11-18(17)27-2)8-10-19(24)22-23-20(25)15-12-21-16-6-4-3-5-14(15)16/h3-7,9,11-12,21H,8,10H2,1-2H3,(H,22,24)(H,23,25). The second kappa shape index (κ2) is 8.27. The lowest BCUT2D eigenvalue weighted by Crippen LogP contribution is -2.41. The molecule has 7 heteroatoms. The molecule has 1 aromatic heterocycles. The zero-order valence-corrected chi connectivity index (χ0v) is 15.2. The summed E-state index contributed by atoms with van der Waals surface area (Å²) in [5, 5.41) is 0.801. The number of aromatic amines is 1. The Kier molecular flexibility index (Phi) is 5.61. The molecule has 1 heterocycles. The smallest absolute Gasteiger partial charge is 0.271 e. The highest BCUT2D eigenvalue weighted by molar-refractivity contribution is 6.07. The minimum absolute atomic E-state index is 0.226. The maximum atomic E-state index is 12.3. The van der Waals surface area contributed by atoms with Crippen molar-refractivity contribution in [2.24, 2.45) is 0 Å². The van der Waals surface area contributed by atoms with Gasteiger partial charge in [0.2, 0.25) is 5.91 Å². The van der Waals surface area contributed by atoms with E-state index in [2.05, 4.69) is 15.8 Å². The van der Waals surface area contributed by atoms with Gasteiger partial charge in [-0.25, -0.2) is 0 Å². The number of hydrogen-bond acceptors (Lipinski definition) is 4. The molecule has 3 rings (SSSR count). The summed E-state index contributed by atoms with van der Waals surface area (Å²) in [7, 11) is 3.13. The van der Waals surface area contributed by atoms with Gasteiger partial charge in [-0.3, -0.25) is 20.4 Å². The van der Waals surface area contributed by atoms with Crippen LogP contribution in [-0.2, 0) is 11.2 Å². The molecule has 0 saturated carbocycles. The molecule has 0 aliphatic carbocycles. The summed E-state index contributed by atoms with van der Waals surface area (Å²) in [5.41, 5.74) is 7.18. The number of amides is 2. The molecule has 0 spiro atoms. The summed E-state index contributed by atoms with van der Waals surface area (Å²) in [6.45, 7) is 0. The first kappa shape index (κ1) is 18.3. The van der Waals surface area contributed by atoms with Crippen LogP contribution in [-0.4, -0.2) is 31.0 Å². The number of nitrogens with one attached hydrogen (secondary N) is 3. The van der Waals surface area contributed by atoms with E-state index < -0.39 is 0 Å². The number of carbonyl (C=O) groups is 2. The van der Waals surface area contributed by atoms with E-state index in [4.69, 9.17) is 9.47 Å². The van der Waals surface area contributed by atoms with E-state index in [1.54, 1.807) is 26.5 Å². The van der Waals surface area contributed by atoms with Crippen molar-refractivity contribution in [3.63, 3.8) is 0 Å². The number of fused-ring (bicyclic) bond motifs is 1. The molecule has 0 unspecified atom stereocenters. The molecule has 0 fully saturated rings. The second-order valence-electron chi connectivity index (χ2n) is 5.94. The Labute approximate surface area is 156 Å². The SMILES string of the molecule is COc1ccc(CCC(=O)NNC(=O)c2c[nH]c3ccccc23)cc1OC. The van der Waals surface area contributed by atoms with Crippen LogP contribution in [0.25, 0.3) is 10.9 Å². The Morgan fingerprint density at radius 2 is 1.78 bits per heavy atom. The molecule has 2 aromatic carbocycles. The molecule has 7 nitrogen and oxygen atoms in total. The minimum atomic E-state index is -0.369. The monoisotopic (exact) mass is 367 g/mol. The maximum absolute atomic E-state index is 12.3. The van der Waals surface area contributed by atoms with Crippen molar-refractivity contribution >= 4 is 22.7 Å². The van der Waals surface area contributed by atoms with Gasteiger partial charge in [0.1, 0.15) is 0 Å². The van der Waals surface area contributed by atoms with Crippen molar-refractivity contribution < 1.29 is 19.1 Å². The average molecular weight is 367 g/mol. The molecule has 3 aromatic rings. The highest BCUT2D eigenvalue weighted by atomic mass is 16.5. The van der Waals surface area contributed by atoms with Crippen molar-refractivity contribution in [1.82, 2.24) is 15.8 Å². The number of hydrogen-bond donors (Lipinski definition) is 3. The van der Waals surface area contributed by atoms with E-state index in [0.717, 1.165) is 16.5 Å². The van der Waals surface area contributed by atoms with Crippen molar-refractivity contribution in [3.8, 4) is 11.5 Å². The van der Waals surface area contributed by atoms with Gasteiger partial charge in [-0.05, 0) is 30.2 Å². The summed E-state index contributed by atoms with van der Waals surface area (Å²) >= 11 is 0. The van der Waals surface area contributed by atoms with Crippen LogP contribution in [0.15, 0.2) is 48.7 Å². The second-order valence-corrected chi connectivity index (χ2v) is 5.94. The summed E-state index contributed by atoms with van der Waals surface area (Å²) in [4.78, 5) is 27.3. The zero-order valence-electron chi connectivity index (χ0n) is 15.2. The van der Waals surface area contributed by atoms with E-state index in [9.17, 15) is 9.59 Å². The van der Waals surface area contributed by atoms with Gasteiger partial charge in [-0.1, -0.05) is 24.3 Å². The van der Waals surface area contributed by atoms with Gasteiger partial charge >= 0.3 is 0 Å². The predicted molar refractivity (Wildman–Crippen MR) is 102 cm³/mol. The fourth-order valence-electron chi connectivity index (χ4n) is 2.81. The van der Waals surface area contributed by atoms with E-state index in [1.165, 1.54) is 0 Å². The maximum Gasteiger partial charge on any atom is 0.271 e. The van der Waals surface area contributed by atoms with Crippen LogP contribution in [0.5, 0.6) is 11.5 Å². The highest BCUT2D eigenvalue weighted by Gasteiger charge is 2.12. The lowest BCUT2D eigenvalue weighted by atomic mass is 10.1. The number of carbonyl (C=O) groups excluding carboxylic acids is 2. The normalized spacial score (nSPS) is 10.4. The van der Waals surface area contributed by atoms with Crippen LogP contribution >= 0.6 is 0 Å². The third-order valence-electron chi connectivity index (χ3n) is 4.24. The Bertz CT molecular complexity index is 965. The number of para-hydroxylation sites is 1. The van der Waals surface area contributed by atoms with Gasteiger partial charge < -0.3 is 14.5 Å². The molecule has 0 saturated heterocycles. The van der Waals surface area contributed by atoms with E-state index in [0.29, 0.717) is 23.5 Å². The van der Waals surface area contributed by atoms with Crippen LogP contribution in [0.1, 0.15) is 22.3 Å². The summed E-state index contributed by atoms with van der Waals surface area (Å²) in [6.07, 6.45) is 2.36. The number of H-pyrrole nitrogens is 1. The highest BCUT2D eigenvalue weighted by Crippen LogP contribution is 2.27. The third kappa shape index (κ3) is 4.20. The number of aryl methyl sites for hydroxylation is 1. The number of benzene rings is 2. The molecule has 0 aliphatic heterocycles. The van der Waals surface area contributed by atoms with Gasteiger partial charge in [-0.2, -0.15) is 0 Å². The Morgan fingerprint density at radius 3 is 2.56 bits per heavy atom. The molecule has 27 heavy (non-hydrogen) atoms. The van der Waals surface area contributed by atoms with E-state index in [-0.39, 0.29) is 18.2 Å². The van der Waals surface area contributed by atoms with Gasteiger partial charge in [0.05, 0.1) is 19.8 Å². The molecular weight excluding hydrogens is 346 g/mol. The van der Waals surface area contributed by atoms with E-state index in [1.807, 2.05) is 36.4 Å². The Hall–Kier alpha value is -3.48.